The molecule has 0 fully saturated rings. The summed E-state index contributed by atoms with van der Waals surface area (Å²) < 4.78 is 85.2. The van der Waals surface area contributed by atoms with Crippen molar-refractivity contribution in [2.45, 2.75) is 23.0 Å². The summed E-state index contributed by atoms with van der Waals surface area (Å²) in [5, 5.41) is 2.81. The molecule has 3 aromatic rings. The molecule has 1 N–H and O–H groups in total. The van der Waals surface area contributed by atoms with Gasteiger partial charge in [0.2, 0.25) is 5.95 Å². The number of sulfone groups is 1. The molecule has 0 saturated carbocycles. The summed E-state index contributed by atoms with van der Waals surface area (Å²) in [6.07, 6.45) is -5.42. The van der Waals surface area contributed by atoms with Crippen molar-refractivity contribution in [3.05, 3.63) is 59.9 Å². The Morgan fingerprint density at radius 1 is 0.971 bits per heavy atom. The summed E-state index contributed by atoms with van der Waals surface area (Å²) >= 11 is 0. The molecule has 1 atom stereocenters. The molecule has 2 aliphatic rings. The van der Waals surface area contributed by atoms with E-state index in [0.29, 0.717) is 11.4 Å². The fraction of sp³-hybridized carbons (Fsp3) is 0.190. The van der Waals surface area contributed by atoms with E-state index in [1.54, 1.807) is 18.3 Å². The molecule has 2 aliphatic heterocycles. The first-order valence-electron chi connectivity index (χ1n) is 9.69. The van der Waals surface area contributed by atoms with Crippen LogP contribution in [0.15, 0.2) is 58.5 Å². The normalized spacial score (nSPS) is 19.5. The smallest absolute Gasteiger partial charge is 0.421 e. The van der Waals surface area contributed by atoms with E-state index in [2.05, 4.69) is 29.8 Å². The zero-order valence-corrected chi connectivity index (χ0v) is 18.0. The second-order valence-electron chi connectivity index (χ2n) is 7.59. The van der Waals surface area contributed by atoms with Crippen LogP contribution in [0.3, 0.4) is 0 Å². The first-order chi connectivity index (χ1) is 15.9. The lowest BCUT2D eigenvalue weighted by Crippen LogP contribution is -2.52. The number of hydrogen-bond acceptors (Lipinski definition) is 8. The summed E-state index contributed by atoms with van der Waals surface area (Å²) in [7, 11) is -3.34. The number of rotatable bonds is 4. The first-order valence-corrected chi connectivity index (χ1v) is 11.6. The van der Waals surface area contributed by atoms with Crippen LogP contribution < -0.4 is 14.8 Å². The molecule has 0 radical (unpaired) electrons. The fourth-order valence-corrected chi connectivity index (χ4v) is 4.07. The number of aliphatic imine (C=N–C) groups is 1. The van der Waals surface area contributed by atoms with Crippen LogP contribution in [-0.2, 0) is 9.84 Å². The maximum atomic E-state index is 13.5. The Labute approximate surface area is 190 Å². The Kier molecular flexibility index (Phi) is 4.79. The highest BCUT2D eigenvalue weighted by Gasteiger charge is 2.65. The second-order valence-corrected chi connectivity index (χ2v) is 9.60. The van der Waals surface area contributed by atoms with Crippen LogP contribution in [0, 0.1) is 0 Å². The van der Waals surface area contributed by atoms with E-state index >= 15 is 0 Å². The van der Waals surface area contributed by atoms with Crippen molar-refractivity contribution in [1.29, 1.82) is 0 Å². The molecule has 13 heteroatoms. The fourth-order valence-electron chi connectivity index (χ4n) is 3.44. The number of alkyl halides is 4. The summed E-state index contributed by atoms with van der Waals surface area (Å²) in [6.45, 7) is 0. The first kappa shape index (κ1) is 22.1. The van der Waals surface area contributed by atoms with Gasteiger partial charge in [0.25, 0.3) is 0 Å². The van der Waals surface area contributed by atoms with Crippen LogP contribution in [0.5, 0.6) is 11.5 Å². The van der Waals surface area contributed by atoms with Crippen LogP contribution in [0.1, 0.15) is 17.2 Å². The molecule has 5 rings (SSSR count). The maximum absolute atomic E-state index is 13.5. The predicted octanol–water partition coefficient (Wildman–Crippen LogP) is 4.43. The van der Waals surface area contributed by atoms with E-state index in [0.717, 1.165) is 24.0 Å². The van der Waals surface area contributed by atoms with Crippen LogP contribution in [0.2, 0.25) is 0 Å². The van der Waals surface area contributed by atoms with Crippen molar-refractivity contribution < 1.29 is 35.5 Å². The van der Waals surface area contributed by atoms with Gasteiger partial charge >= 0.3 is 12.2 Å². The lowest BCUT2D eigenvalue weighted by molar-refractivity contribution is -0.391. The maximum Gasteiger partial charge on any atom is 0.507 e. The van der Waals surface area contributed by atoms with Gasteiger partial charge in [-0.1, -0.05) is 12.1 Å². The molecule has 8 nitrogen and oxygen atoms in total. The van der Waals surface area contributed by atoms with Gasteiger partial charge in [-0.2, -0.15) is 17.6 Å². The third kappa shape index (κ3) is 3.81. The number of benzene rings is 2. The molecule has 1 aromatic heterocycles. The molecule has 1 unspecified atom stereocenters. The second kappa shape index (κ2) is 7.38. The number of anilines is 2. The number of halogens is 4. The molecule has 176 valence electrons. The molecule has 34 heavy (non-hydrogen) atoms. The van der Waals surface area contributed by atoms with Crippen molar-refractivity contribution in [3.8, 4) is 11.5 Å². The third-order valence-electron chi connectivity index (χ3n) is 5.14. The molecular formula is C21H14F4N4O4S. The minimum absolute atomic E-state index is 0.0933. The zero-order valence-electron chi connectivity index (χ0n) is 17.2. The Bertz CT molecular complexity index is 1430. The Hall–Kier alpha value is -3.74. The van der Waals surface area contributed by atoms with Gasteiger partial charge in [0.1, 0.15) is 5.69 Å². The minimum atomic E-state index is -4.83. The molecule has 2 aromatic carbocycles. The van der Waals surface area contributed by atoms with Gasteiger partial charge in [-0.05, 0) is 29.8 Å². The molecule has 3 heterocycles. The SMILES string of the molecule is CS(=O)(=O)c1ccc(C2C=Nc3cnc(Nc4ccc5c(c4)OC(F)(F)C(F)(F)O5)nc32)cc1. The van der Waals surface area contributed by atoms with Gasteiger partial charge in [0.15, 0.2) is 21.3 Å². The standard InChI is InChI=1S/C21H14F4N4O4S/c1-34(30,31)13-5-2-11(3-6-13)14-9-26-15-10-27-19(29-18(14)15)28-12-4-7-16-17(8-12)33-21(24,25)20(22,23)32-16/h2-10,14H,1H3,(H,27,28,29). The predicted molar refractivity (Wildman–Crippen MR) is 112 cm³/mol. The summed E-state index contributed by atoms with van der Waals surface area (Å²) in [4.78, 5) is 13.0. The average Bonchev–Trinajstić information content (AvgIpc) is 3.17. The van der Waals surface area contributed by atoms with E-state index in [4.69, 9.17) is 0 Å². The topological polar surface area (TPSA) is 103 Å². The summed E-state index contributed by atoms with van der Waals surface area (Å²) in [5.41, 5.74) is 1.98. The molecule has 0 aliphatic carbocycles. The molecule has 0 saturated heterocycles. The summed E-state index contributed by atoms with van der Waals surface area (Å²) in [6, 6.07) is 9.74. The van der Waals surface area contributed by atoms with Crippen LogP contribution in [0.4, 0.5) is 34.9 Å². The van der Waals surface area contributed by atoms with E-state index < -0.39 is 33.6 Å². The number of aromatic nitrogens is 2. The van der Waals surface area contributed by atoms with Crippen molar-refractivity contribution in [1.82, 2.24) is 9.97 Å². The van der Waals surface area contributed by atoms with E-state index in [1.165, 1.54) is 24.4 Å². The van der Waals surface area contributed by atoms with Gasteiger partial charge in [-0.3, -0.25) is 4.99 Å². The van der Waals surface area contributed by atoms with Crippen molar-refractivity contribution in [2.24, 2.45) is 4.99 Å². The quantitative estimate of drug-likeness (QED) is 0.536. The van der Waals surface area contributed by atoms with E-state index in [-0.39, 0.29) is 22.4 Å². The van der Waals surface area contributed by atoms with Crippen molar-refractivity contribution in [3.63, 3.8) is 0 Å². The van der Waals surface area contributed by atoms with Crippen LogP contribution in [0.25, 0.3) is 0 Å². The number of nitrogens with zero attached hydrogens (tertiary/aromatic N) is 3. The van der Waals surface area contributed by atoms with Crippen molar-refractivity contribution >= 4 is 33.4 Å². The highest BCUT2D eigenvalue weighted by atomic mass is 32.2. The number of fused-ring (bicyclic) bond motifs is 2. The van der Waals surface area contributed by atoms with Crippen LogP contribution in [-0.4, -0.2) is 43.1 Å². The average molecular weight is 494 g/mol. The lowest BCUT2D eigenvalue weighted by atomic mass is 9.98. The van der Waals surface area contributed by atoms with Gasteiger partial charge in [0, 0.05) is 24.2 Å². The van der Waals surface area contributed by atoms with Crippen molar-refractivity contribution in [2.75, 3.05) is 11.6 Å². The van der Waals surface area contributed by atoms with E-state index in [1.807, 2.05) is 0 Å². The van der Waals surface area contributed by atoms with Gasteiger partial charge in [0.05, 0.1) is 22.7 Å². The Balaban J connectivity index is 1.40. The number of ether oxygens (including phenoxy) is 2. The minimum Gasteiger partial charge on any atom is -0.421 e. The van der Waals surface area contributed by atoms with Gasteiger partial charge in [-0.25, -0.2) is 18.4 Å². The molecule has 0 spiro atoms. The van der Waals surface area contributed by atoms with Crippen LogP contribution >= 0.6 is 0 Å². The molecule has 0 amide bonds. The third-order valence-corrected chi connectivity index (χ3v) is 6.27. The molecule has 0 bridgehead atoms. The lowest BCUT2D eigenvalue weighted by Gasteiger charge is -2.31. The van der Waals surface area contributed by atoms with Gasteiger partial charge in [-0.15, -0.1) is 0 Å². The highest BCUT2D eigenvalue weighted by molar-refractivity contribution is 7.90. The van der Waals surface area contributed by atoms with Gasteiger partial charge < -0.3 is 14.8 Å². The zero-order chi connectivity index (χ0) is 24.3. The number of hydrogen-bond donors (Lipinski definition) is 1. The monoisotopic (exact) mass is 494 g/mol. The Morgan fingerprint density at radius 2 is 1.65 bits per heavy atom. The summed E-state index contributed by atoms with van der Waals surface area (Å²) in [5.74, 6) is -1.39. The van der Waals surface area contributed by atoms with E-state index in [9.17, 15) is 26.0 Å². The highest BCUT2D eigenvalue weighted by Crippen LogP contribution is 2.47. The number of nitrogens with one attached hydrogen (secondary N) is 1. The molecular weight excluding hydrogens is 480 g/mol. The Morgan fingerprint density at radius 3 is 2.32 bits per heavy atom. The largest absolute Gasteiger partial charge is 0.507 e.